The lowest BCUT2D eigenvalue weighted by molar-refractivity contribution is -0.907. The predicted octanol–water partition coefficient (Wildman–Crippen LogP) is 3.23. The Bertz CT molecular complexity index is 411. The Morgan fingerprint density at radius 2 is 1.86 bits per heavy atom. The van der Waals surface area contributed by atoms with Gasteiger partial charge in [0.15, 0.2) is 6.54 Å². The molecule has 3 nitrogen and oxygen atoms in total. The average Bonchev–Trinajstić information content (AvgIpc) is 2.40. The van der Waals surface area contributed by atoms with E-state index in [4.69, 9.17) is 4.74 Å². The molecular formula is C18H32NO2+. The maximum Gasteiger partial charge on any atom is 0.362 e. The van der Waals surface area contributed by atoms with Gasteiger partial charge in [0, 0.05) is 0 Å². The minimum Gasteiger partial charge on any atom is -0.458 e. The Labute approximate surface area is 129 Å². The summed E-state index contributed by atoms with van der Waals surface area (Å²) < 4.78 is 6.80. The van der Waals surface area contributed by atoms with Crippen LogP contribution in [0.1, 0.15) is 52.9 Å². The number of carbonyl (C=O) groups excluding carboxylic acids is 1. The van der Waals surface area contributed by atoms with E-state index in [0.717, 1.165) is 35.8 Å². The standard InChI is InChI=1S/C18H32NO2/c1-13-15-10-14(18(15,2)3)11-16(13)21-17(20)12-19(4)8-6-5-7-9-19/h13-16H,5-12H2,1-4H3/q+1/t13-,14-,15+,16+/m1/s1. The zero-order valence-corrected chi connectivity index (χ0v) is 14.2. The van der Waals surface area contributed by atoms with Crippen molar-refractivity contribution in [1.82, 2.24) is 0 Å². The van der Waals surface area contributed by atoms with Gasteiger partial charge in [-0.25, -0.2) is 4.79 Å². The highest BCUT2D eigenvalue weighted by atomic mass is 16.5. The number of likely N-dealkylation sites (tertiary alicyclic amines) is 1. The van der Waals surface area contributed by atoms with Gasteiger partial charge in [-0.2, -0.15) is 0 Å². The molecule has 1 saturated heterocycles. The second-order valence-electron chi connectivity index (χ2n) is 8.77. The number of nitrogens with zero attached hydrogens (tertiary/aromatic N) is 1. The van der Waals surface area contributed by atoms with Crippen LogP contribution < -0.4 is 0 Å². The van der Waals surface area contributed by atoms with Crippen LogP contribution in [0.3, 0.4) is 0 Å². The molecule has 0 radical (unpaired) electrons. The quantitative estimate of drug-likeness (QED) is 0.590. The third-order valence-electron chi connectivity index (χ3n) is 6.97. The predicted molar refractivity (Wildman–Crippen MR) is 83.7 cm³/mol. The van der Waals surface area contributed by atoms with E-state index in [1.807, 2.05) is 0 Å². The van der Waals surface area contributed by atoms with Gasteiger partial charge in [0.25, 0.3) is 0 Å². The smallest absolute Gasteiger partial charge is 0.362 e. The summed E-state index contributed by atoms with van der Waals surface area (Å²) in [6.45, 7) is 9.90. The summed E-state index contributed by atoms with van der Waals surface area (Å²) in [5.41, 5.74) is 0.466. The van der Waals surface area contributed by atoms with Crippen molar-refractivity contribution in [1.29, 1.82) is 0 Å². The highest BCUT2D eigenvalue weighted by Gasteiger charge is 2.57. The molecular weight excluding hydrogens is 262 g/mol. The normalized spacial score (nSPS) is 40.2. The monoisotopic (exact) mass is 294 g/mol. The average molecular weight is 294 g/mol. The number of carbonyl (C=O) groups is 1. The molecule has 2 bridgehead atoms. The van der Waals surface area contributed by atoms with Crippen molar-refractivity contribution in [3.05, 3.63) is 0 Å². The molecule has 21 heavy (non-hydrogen) atoms. The highest BCUT2D eigenvalue weighted by molar-refractivity contribution is 5.70. The first-order chi connectivity index (χ1) is 9.82. The van der Waals surface area contributed by atoms with E-state index < -0.39 is 0 Å². The number of ether oxygens (including phenoxy) is 1. The topological polar surface area (TPSA) is 26.3 Å². The van der Waals surface area contributed by atoms with Crippen molar-refractivity contribution in [2.45, 2.75) is 59.0 Å². The van der Waals surface area contributed by atoms with Crippen LogP contribution in [0.4, 0.5) is 0 Å². The maximum absolute atomic E-state index is 12.4. The number of quaternary nitrogens is 1. The third kappa shape index (κ3) is 2.74. The van der Waals surface area contributed by atoms with Crippen LogP contribution in [0.15, 0.2) is 0 Å². The van der Waals surface area contributed by atoms with Crippen LogP contribution in [0.2, 0.25) is 0 Å². The summed E-state index contributed by atoms with van der Waals surface area (Å²) in [7, 11) is 2.21. The Kier molecular flexibility index (Phi) is 3.84. The largest absolute Gasteiger partial charge is 0.458 e. The van der Waals surface area contributed by atoms with Crippen LogP contribution >= 0.6 is 0 Å². The Morgan fingerprint density at radius 1 is 1.19 bits per heavy atom. The van der Waals surface area contributed by atoms with Gasteiger partial charge in [0.05, 0.1) is 20.1 Å². The van der Waals surface area contributed by atoms with Crippen LogP contribution in [-0.2, 0) is 9.53 Å². The van der Waals surface area contributed by atoms with Gasteiger partial charge in [-0.15, -0.1) is 0 Å². The molecule has 1 aliphatic heterocycles. The molecule has 4 atom stereocenters. The first kappa shape index (κ1) is 15.3. The summed E-state index contributed by atoms with van der Waals surface area (Å²) in [6, 6.07) is 0. The van der Waals surface area contributed by atoms with E-state index >= 15 is 0 Å². The van der Waals surface area contributed by atoms with Crippen molar-refractivity contribution in [2.24, 2.45) is 23.2 Å². The number of hydrogen-bond donors (Lipinski definition) is 0. The molecule has 0 aromatic heterocycles. The third-order valence-corrected chi connectivity index (χ3v) is 6.97. The van der Waals surface area contributed by atoms with E-state index in [9.17, 15) is 4.79 Å². The fraction of sp³-hybridized carbons (Fsp3) is 0.944. The lowest BCUT2D eigenvalue weighted by atomic mass is 9.45. The Hall–Kier alpha value is -0.570. The minimum absolute atomic E-state index is 0.0374. The summed E-state index contributed by atoms with van der Waals surface area (Å²) >= 11 is 0. The summed E-state index contributed by atoms with van der Waals surface area (Å²) in [5, 5.41) is 0. The van der Waals surface area contributed by atoms with E-state index in [1.165, 1.54) is 25.7 Å². The number of fused-ring (bicyclic) bond motifs is 2. The maximum atomic E-state index is 12.4. The van der Waals surface area contributed by atoms with Gasteiger partial charge in [0.1, 0.15) is 6.10 Å². The SMILES string of the molecule is C[C@H]1[C@@H](OC(=O)C[N+]2(C)CCCCC2)C[C@H]2C[C@@H]1C2(C)C. The van der Waals surface area contributed by atoms with Crippen LogP contribution in [0.5, 0.6) is 0 Å². The molecule has 0 spiro atoms. The van der Waals surface area contributed by atoms with E-state index in [1.54, 1.807) is 0 Å². The molecule has 3 saturated carbocycles. The highest BCUT2D eigenvalue weighted by Crippen LogP contribution is 2.61. The molecule has 4 aliphatic rings. The molecule has 0 N–H and O–H groups in total. The molecule has 1 heterocycles. The van der Waals surface area contributed by atoms with Gasteiger partial charge in [-0.05, 0) is 55.3 Å². The first-order valence-electron chi connectivity index (χ1n) is 8.85. The van der Waals surface area contributed by atoms with Crippen molar-refractivity contribution >= 4 is 5.97 Å². The molecule has 120 valence electrons. The minimum atomic E-state index is 0.0374. The van der Waals surface area contributed by atoms with Gasteiger partial charge in [-0.3, -0.25) is 0 Å². The molecule has 0 aromatic carbocycles. The van der Waals surface area contributed by atoms with Crippen molar-refractivity contribution in [3.63, 3.8) is 0 Å². The molecule has 3 aliphatic carbocycles. The summed E-state index contributed by atoms with van der Waals surface area (Å²) in [6.07, 6.45) is 6.42. The Balaban J connectivity index is 1.54. The number of likely N-dealkylation sites (N-methyl/N-ethyl adjacent to an activating group) is 1. The second-order valence-corrected chi connectivity index (χ2v) is 8.77. The molecule has 0 aromatic rings. The lowest BCUT2D eigenvalue weighted by Gasteiger charge is -2.61. The van der Waals surface area contributed by atoms with Crippen molar-refractivity contribution in [3.8, 4) is 0 Å². The summed E-state index contributed by atoms with van der Waals surface area (Å²) in [4.78, 5) is 12.4. The van der Waals surface area contributed by atoms with E-state index in [0.29, 0.717) is 17.9 Å². The fourth-order valence-corrected chi connectivity index (χ4v) is 5.21. The molecule has 3 heteroatoms. The zero-order valence-electron chi connectivity index (χ0n) is 14.2. The molecule has 4 rings (SSSR count). The van der Waals surface area contributed by atoms with Crippen LogP contribution in [-0.4, -0.2) is 43.2 Å². The lowest BCUT2D eigenvalue weighted by Crippen LogP contribution is -2.58. The van der Waals surface area contributed by atoms with Crippen molar-refractivity contribution < 1.29 is 14.0 Å². The van der Waals surface area contributed by atoms with Gasteiger partial charge in [0.2, 0.25) is 0 Å². The van der Waals surface area contributed by atoms with E-state index in [-0.39, 0.29) is 12.1 Å². The molecule has 0 amide bonds. The van der Waals surface area contributed by atoms with Gasteiger partial charge >= 0.3 is 5.97 Å². The first-order valence-corrected chi connectivity index (χ1v) is 8.85. The number of hydrogen-bond acceptors (Lipinski definition) is 2. The van der Waals surface area contributed by atoms with Gasteiger partial charge in [-0.1, -0.05) is 20.8 Å². The zero-order chi connectivity index (χ0) is 15.3. The molecule has 0 unspecified atom stereocenters. The fourth-order valence-electron chi connectivity index (χ4n) is 5.21. The Morgan fingerprint density at radius 3 is 2.43 bits per heavy atom. The molecule has 4 fully saturated rings. The van der Waals surface area contributed by atoms with E-state index in [2.05, 4.69) is 27.8 Å². The van der Waals surface area contributed by atoms with Crippen LogP contribution in [0.25, 0.3) is 0 Å². The second kappa shape index (κ2) is 5.26. The van der Waals surface area contributed by atoms with Crippen molar-refractivity contribution in [2.75, 3.05) is 26.7 Å². The summed E-state index contributed by atoms with van der Waals surface area (Å²) in [5.74, 6) is 2.07. The number of rotatable bonds is 3. The number of piperidine rings is 1. The van der Waals surface area contributed by atoms with Crippen LogP contribution in [0, 0.1) is 23.2 Å². The van der Waals surface area contributed by atoms with Gasteiger partial charge < -0.3 is 9.22 Å². The number of esters is 1.